The van der Waals surface area contributed by atoms with Crippen molar-refractivity contribution in [2.75, 3.05) is 18.5 Å². The summed E-state index contributed by atoms with van der Waals surface area (Å²) in [5.74, 6) is -0.360. The molecule has 0 saturated heterocycles. The van der Waals surface area contributed by atoms with Crippen LogP contribution in [-0.2, 0) is 19.6 Å². The van der Waals surface area contributed by atoms with E-state index < -0.39 is 11.6 Å². The third-order valence-electron chi connectivity index (χ3n) is 3.41. The first-order valence-corrected chi connectivity index (χ1v) is 6.43. The minimum absolute atomic E-state index is 0.0131. The molecule has 0 atom stereocenters. The van der Waals surface area contributed by atoms with E-state index in [-0.39, 0.29) is 5.69 Å². The van der Waals surface area contributed by atoms with E-state index in [1.54, 1.807) is 18.3 Å². The molecule has 0 fully saturated rings. The summed E-state index contributed by atoms with van der Waals surface area (Å²) in [5.41, 5.74) is 0.602. The quantitative estimate of drug-likeness (QED) is 0.920. The van der Waals surface area contributed by atoms with Crippen LogP contribution in [0.25, 0.3) is 0 Å². The monoisotopic (exact) mass is 279 g/mol. The number of nitrogens with one attached hydrogen (secondary N) is 1. The van der Waals surface area contributed by atoms with Crippen LogP contribution in [0.5, 0.6) is 0 Å². The normalized spacial score (nSPS) is 14.4. The predicted octanol–water partition coefficient (Wildman–Crippen LogP) is 1.30. The maximum atomic E-state index is 14.2. The molecule has 0 unspecified atom stereocenters. The smallest absolute Gasteiger partial charge is 0.152 e. The fraction of sp³-hybridized carbons (Fsp3) is 0.385. The number of anilines is 1. The Morgan fingerprint density at radius 3 is 2.70 bits per heavy atom. The van der Waals surface area contributed by atoms with Crippen molar-refractivity contribution in [2.24, 2.45) is 0 Å². The Labute approximate surface area is 115 Å². The highest BCUT2D eigenvalue weighted by atomic mass is 19.1. The summed E-state index contributed by atoms with van der Waals surface area (Å²) in [6, 6.07) is 2.74. The Bertz CT molecular complexity index is 602. The van der Waals surface area contributed by atoms with Crippen LogP contribution >= 0.6 is 0 Å². The highest BCUT2D eigenvalue weighted by Gasteiger charge is 2.23. The van der Waals surface area contributed by atoms with Gasteiger partial charge in [-0.2, -0.15) is 0 Å². The molecular formula is C13H15F2N5. The highest BCUT2D eigenvalue weighted by molar-refractivity contribution is 5.51. The molecule has 2 aromatic rings. The number of aromatic nitrogens is 3. The van der Waals surface area contributed by atoms with Gasteiger partial charge in [0.1, 0.15) is 23.6 Å². The summed E-state index contributed by atoms with van der Waals surface area (Å²) >= 11 is 0. The Kier molecular flexibility index (Phi) is 3.35. The fourth-order valence-corrected chi connectivity index (χ4v) is 2.48. The molecule has 0 bridgehead atoms. The summed E-state index contributed by atoms with van der Waals surface area (Å²) < 4.78 is 30.2. The van der Waals surface area contributed by atoms with E-state index in [4.69, 9.17) is 0 Å². The molecule has 0 saturated carbocycles. The minimum Gasteiger partial charge on any atom is -0.357 e. The topological polar surface area (TPSA) is 46.0 Å². The van der Waals surface area contributed by atoms with Crippen molar-refractivity contribution in [3.05, 3.63) is 41.5 Å². The second kappa shape index (κ2) is 5.16. The van der Waals surface area contributed by atoms with Gasteiger partial charge in [0.25, 0.3) is 0 Å². The van der Waals surface area contributed by atoms with Gasteiger partial charge in [-0.1, -0.05) is 0 Å². The molecule has 3 rings (SSSR count). The zero-order valence-electron chi connectivity index (χ0n) is 11.1. The largest absolute Gasteiger partial charge is 0.357 e. The van der Waals surface area contributed by atoms with Gasteiger partial charge in [0.2, 0.25) is 0 Å². The van der Waals surface area contributed by atoms with Gasteiger partial charge in [-0.3, -0.25) is 0 Å². The second-order valence-corrected chi connectivity index (χ2v) is 4.80. The van der Waals surface area contributed by atoms with E-state index in [9.17, 15) is 8.78 Å². The number of benzene rings is 1. The van der Waals surface area contributed by atoms with Gasteiger partial charge in [0, 0.05) is 19.6 Å². The van der Waals surface area contributed by atoms with Crippen LogP contribution in [0.4, 0.5) is 14.5 Å². The van der Waals surface area contributed by atoms with E-state index in [1.165, 1.54) is 12.1 Å². The number of hydrogen-bond donors (Lipinski definition) is 1. The van der Waals surface area contributed by atoms with E-state index in [2.05, 4.69) is 15.5 Å². The molecule has 7 heteroatoms. The lowest BCUT2D eigenvalue weighted by molar-refractivity contribution is 0.520. The standard InChI is InChI=1S/C13H15F2N5/c1-16-6-9-4-10(14)13(11(15)5-9)19-2-3-20-8-17-18-12(20)7-19/h4-5,8,16H,2-3,6-7H2,1H3. The van der Waals surface area contributed by atoms with Gasteiger partial charge in [0.15, 0.2) is 5.82 Å². The fourth-order valence-electron chi connectivity index (χ4n) is 2.48. The molecular weight excluding hydrogens is 264 g/mol. The maximum Gasteiger partial charge on any atom is 0.152 e. The van der Waals surface area contributed by atoms with Gasteiger partial charge in [0.05, 0.1) is 6.54 Å². The van der Waals surface area contributed by atoms with Crippen LogP contribution in [0, 0.1) is 11.6 Å². The third-order valence-corrected chi connectivity index (χ3v) is 3.41. The van der Waals surface area contributed by atoms with Crippen molar-refractivity contribution in [3.63, 3.8) is 0 Å². The SMILES string of the molecule is CNCc1cc(F)c(N2CCn3cnnc3C2)c(F)c1. The number of hydrogen-bond acceptors (Lipinski definition) is 4. The van der Waals surface area contributed by atoms with Crippen LogP contribution in [0.1, 0.15) is 11.4 Å². The molecule has 5 nitrogen and oxygen atoms in total. The summed E-state index contributed by atoms with van der Waals surface area (Å²) in [6.07, 6.45) is 1.63. The number of nitrogens with zero attached hydrogens (tertiary/aromatic N) is 4. The zero-order valence-corrected chi connectivity index (χ0v) is 11.1. The van der Waals surface area contributed by atoms with E-state index in [0.29, 0.717) is 37.6 Å². The van der Waals surface area contributed by atoms with Gasteiger partial charge in [-0.05, 0) is 24.7 Å². The first-order chi connectivity index (χ1) is 9.69. The average Bonchev–Trinajstić information content (AvgIpc) is 2.85. The Balaban J connectivity index is 1.91. The molecule has 1 aliphatic heterocycles. The molecule has 0 amide bonds. The molecule has 20 heavy (non-hydrogen) atoms. The van der Waals surface area contributed by atoms with Crippen molar-refractivity contribution >= 4 is 5.69 Å². The molecule has 1 aliphatic rings. The molecule has 1 aromatic carbocycles. The molecule has 0 spiro atoms. The van der Waals surface area contributed by atoms with Crippen LogP contribution in [0.2, 0.25) is 0 Å². The van der Waals surface area contributed by atoms with Crippen molar-refractivity contribution in [2.45, 2.75) is 19.6 Å². The summed E-state index contributed by atoms with van der Waals surface area (Å²) in [4.78, 5) is 1.66. The maximum absolute atomic E-state index is 14.2. The van der Waals surface area contributed by atoms with Gasteiger partial charge >= 0.3 is 0 Å². The lowest BCUT2D eigenvalue weighted by Gasteiger charge is -2.29. The highest BCUT2D eigenvalue weighted by Crippen LogP contribution is 2.27. The minimum atomic E-state index is -0.539. The zero-order chi connectivity index (χ0) is 14.1. The average molecular weight is 279 g/mol. The lowest BCUT2D eigenvalue weighted by Crippen LogP contribution is -2.34. The molecule has 0 aliphatic carbocycles. The van der Waals surface area contributed by atoms with Crippen LogP contribution in [0.3, 0.4) is 0 Å². The van der Waals surface area contributed by atoms with Crippen molar-refractivity contribution in [1.82, 2.24) is 20.1 Å². The van der Waals surface area contributed by atoms with Gasteiger partial charge in [-0.15, -0.1) is 10.2 Å². The number of fused-ring (bicyclic) bond motifs is 1. The first kappa shape index (κ1) is 13.0. The summed E-state index contributed by atoms with van der Waals surface area (Å²) in [7, 11) is 1.74. The second-order valence-electron chi connectivity index (χ2n) is 4.80. The third kappa shape index (κ3) is 2.24. The Morgan fingerprint density at radius 2 is 2.00 bits per heavy atom. The number of halogens is 2. The molecule has 0 radical (unpaired) electrons. The summed E-state index contributed by atoms with van der Waals surface area (Å²) in [5, 5.41) is 10.6. The Morgan fingerprint density at radius 1 is 1.25 bits per heavy atom. The number of rotatable bonds is 3. The van der Waals surface area contributed by atoms with E-state index in [0.717, 1.165) is 0 Å². The van der Waals surface area contributed by atoms with Crippen LogP contribution in [0.15, 0.2) is 18.5 Å². The van der Waals surface area contributed by atoms with Crippen molar-refractivity contribution < 1.29 is 8.78 Å². The Hall–Kier alpha value is -2.02. The van der Waals surface area contributed by atoms with E-state index >= 15 is 0 Å². The predicted molar refractivity (Wildman–Crippen MR) is 70.2 cm³/mol. The van der Waals surface area contributed by atoms with Crippen LogP contribution in [-0.4, -0.2) is 28.4 Å². The molecule has 106 valence electrons. The van der Waals surface area contributed by atoms with Crippen molar-refractivity contribution in [3.8, 4) is 0 Å². The van der Waals surface area contributed by atoms with Crippen molar-refractivity contribution in [1.29, 1.82) is 0 Å². The molecule has 1 aromatic heterocycles. The molecule has 2 heterocycles. The van der Waals surface area contributed by atoms with Crippen LogP contribution < -0.4 is 10.2 Å². The summed E-state index contributed by atoms with van der Waals surface area (Å²) in [6.45, 7) is 1.95. The molecule has 1 N–H and O–H groups in total. The van der Waals surface area contributed by atoms with Gasteiger partial charge < -0.3 is 14.8 Å². The van der Waals surface area contributed by atoms with Gasteiger partial charge in [-0.25, -0.2) is 8.78 Å². The first-order valence-electron chi connectivity index (χ1n) is 6.43. The van der Waals surface area contributed by atoms with E-state index in [1.807, 2.05) is 4.57 Å². The lowest BCUT2D eigenvalue weighted by atomic mass is 10.1.